The van der Waals surface area contributed by atoms with E-state index in [0.717, 1.165) is 30.3 Å². The molecule has 124 valence electrons. The van der Waals surface area contributed by atoms with Crippen molar-refractivity contribution in [1.29, 1.82) is 0 Å². The van der Waals surface area contributed by atoms with Gasteiger partial charge in [0.15, 0.2) is 0 Å². The molecule has 0 amide bonds. The summed E-state index contributed by atoms with van der Waals surface area (Å²) in [6.07, 6.45) is 4.70. The van der Waals surface area contributed by atoms with Crippen molar-refractivity contribution in [2.75, 3.05) is 19.5 Å². The fraction of sp³-hybridized carbons (Fsp3) is 0.533. The van der Waals surface area contributed by atoms with Crippen LogP contribution in [-0.4, -0.2) is 45.7 Å². The first-order valence-corrected chi connectivity index (χ1v) is 7.26. The monoisotopic (exact) mass is 310 g/mol. The zero-order valence-electron chi connectivity index (χ0n) is 13.7. The number of hydrogen-bond donors (Lipinski definition) is 2. The number of hydrogen-bond acceptors (Lipinski definition) is 6. The molecule has 22 heavy (non-hydrogen) atoms. The van der Waals surface area contributed by atoms with Crippen LogP contribution in [0.2, 0.25) is 0 Å². The molecule has 0 bridgehead atoms. The summed E-state index contributed by atoms with van der Waals surface area (Å²) < 4.78 is 7.09. The maximum absolute atomic E-state index is 9.03. The van der Waals surface area contributed by atoms with Crippen molar-refractivity contribution in [3.05, 3.63) is 18.6 Å². The Labute approximate surface area is 131 Å². The number of nitrogens with zero attached hydrogens (tertiary/aromatic N) is 3. The highest BCUT2D eigenvalue weighted by Crippen LogP contribution is 2.18. The molecule has 7 nitrogen and oxygen atoms in total. The van der Waals surface area contributed by atoms with Gasteiger partial charge in [0.05, 0.1) is 18.1 Å². The molecule has 0 radical (unpaired) electrons. The van der Waals surface area contributed by atoms with Gasteiger partial charge in [0.1, 0.15) is 24.1 Å². The minimum atomic E-state index is -0.147. The molecule has 0 saturated carbocycles. The van der Waals surface area contributed by atoms with Crippen LogP contribution in [0.5, 0.6) is 0 Å². The van der Waals surface area contributed by atoms with Gasteiger partial charge >= 0.3 is 0 Å². The van der Waals surface area contributed by atoms with Gasteiger partial charge in [0.25, 0.3) is 0 Å². The Hall–Kier alpha value is -1.99. The second-order valence-electron chi connectivity index (χ2n) is 4.07. The fourth-order valence-corrected chi connectivity index (χ4v) is 1.77. The average Bonchev–Trinajstić information content (AvgIpc) is 2.96. The maximum atomic E-state index is 9.03. The lowest BCUT2D eigenvalue weighted by Gasteiger charge is -2.12. The van der Waals surface area contributed by atoms with Crippen LogP contribution in [0.15, 0.2) is 18.6 Å². The van der Waals surface area contributed by atoms with Crippen LogP contribution < -0.4 is 5.73 Å². The van der Waals surface area contributed by atoms with Gasteiger partial charge in [-0.1, -0.05) is 13.8 Å². The van der Waals surface area contributed by atoms with Crippen LogP contribution in [0.4, 0.5) is 5.82 Å². The van der Waals surface area contributed by atoms with E-state index >= 15 is 0 Å². The SMILES string of the molecule is CC.CC=O.COC(CO)CCn1ccc2c(N)ncnc21. The van der Waals surface area contributed by atoms with E-state index in [1.807, 2.05) is 30.7 Å². The van der Waals surface area contributed by atoms with Gasteiger partial charge in [-0.3, -0.25) is 0 Å². The summed E-state index contributed by atoms with van der Waals surface area (Å²) in [5.74, 6) is 0.485. The lowest BCUT2D eigenvalue weighted by atomic mass is 10.2. The summed E-state index contributed by atoms with van der Waals surface area (Å²) >= 11 is 0. The zero-order valence-corrected chi connectivity index (χ0v) is 13.7. The molecule has 0 aromatic carbocycles. The van der Waals surface area contributed by atoms with Crippen molar-refractivity contribution < 1.29 is 14.6 Å². The topological polar surface area (TPSA) is 103 Å². The number of aryl methyl sites for hydroxylation is 1. The van der Waals surface area contributed by atoms with E-state index in [-0.39, 0.29) is 12.7 Å². The smallest absolute Gasteiger partial charge is 0.145 e. The van der Waals surface area contributed by atoms with Crippen LogP contribution >= 0.6 is 0 Å². The van der Waals surface area contributed by atoms with Crippen LogP contribution in [-0.2, 0) is 16.1 Å². The van der Waals surface area contributed by atoms with E-state index in [1.165, 1.54) is 13.3 Å². The first kappa shape index (κ1) is 20.0. The van der Waals surface area contributed by atoms with E-state index in [0.29, 0.717) is 5.82 Å². The summed E-state index contributed by atoms with van der Waals surface area (Å²) in [7, 11) is 1.59. The number of fused-ring (bicyclic) bond motifs is 1. The number of anilines is 1. The first-order chi connectivity index (χ1) is 10.7. The quantitative estimate of drug-likeness (QED) is 0.814. The standard InChI is InChI=1S/C11H16N4O2.C2H4O.C2H6/c1-17-8(6-16)2-4-15-5-3-9-10(12)13-7-14-11(9)15;1-2-3;1-2/h3,5,7-8,16H,2,4,6H2,1H3,(H2,12,13,14);2H,1H3;1-2H3. The molecule has 0 aliphatic rings. The van der Waals surface area contributed by atoms with Gasteiger partial charge in [-0.25, -0.2) is 9.97 Å². The number of ether oxygens (including phenoxy) is 1. The Bertz CT molecular complexity index is 539. The Morgan fingerprint density at radius 2 is 2.09 bits per heavy atom. The Morgan fingerprint density at radius 3 is 2.64 bits per heavy atom. The highest BCUT2D eigenvalue weighted by Gasteiger charge is 2.09. The highest BCUT2D eigenvalue weighted by molar-refractivity contribution is 5.85. The minimum Gasteiger partial charge on any atom is -0.394 e. The molecule has 7 heteroatoms. The van der Waals surface area contributed by atoms with Crippen molar-refractivity contribution >= 4 is 23.1 Å². The molecule has 0 fully saturated rings. The average molecular weight is 310 g/mol. The normalized spacial score (nSPS) is 11.0. The fourth-order valence-electron chi connectivity index (χ4n) is 1.77. The second kappa shape index (κ2) is 11.6. The number of aldehydes is 1. The number of aliphatic hydroxyl groups is 1. The van der Waals surface area contributed by atoms with Gasteiger partial charge in [0.2, 0.25) is 0 Å². The molecule has 0 aliphatic heterocycles. The molecule has 1 unspecified atom stereocenters. The number of carbonyl (C=O) groups excluding carboxylic acids is 1. The van der Waals surface area contributed by atoms with Crippen LogP contribution in [0.1, 0.15) is 27.2 Å². The number of aliphatic hydroxyl groups excluding tert-OH is 1. The molecule has 2 aromatic heterocycles. The number of nitrogens with two attached hydrogens (primary N) is 1. The van der Waals surface area contributed by atoms with E-state index in [2.05, 4.69) is 9.97 Å². The van der Waals surface area contributed by atoms with E-state index in [1.54, 1.807) is 7.11 Å². The minimum absolute atomic E-state index is 0.0207. The van der Waals surface area contributed by atoms with Crippen molar-refractivity contribution in [3.8, 4) is 0 Å². The molecule has 0 spiro atoms. The van der Waals surface area contributed by atoms with Crippen molar-refractivity contribution in [2.45, 2.75) is 39.8 Å². The molecule has 2 rings (SSSR count). The molecule has 2 heterocycles. The largest absolute Gasteiger partial charge is 0.394 e. The summed E-state index contributed by atoms with van der Waals surface area (Å²) in [4.78, 5) is 16.9. The Morgan fingerprint density at radius 1 is 1.45 bits per heavy atom. The third-order valence-corrected chi connectivity index (χ3v) is 2.82. The highest BCUT2D eigenvalue weighted by atomic mass is 16.5. The summed E-state index contributed by atoms with van der Waals surface area (Å²) in [5, 5.41) is 9.88. The molecule has 0 saturated heterocycles. The molecule has 1 atom stereocenters. The molecule has 3 N–H and O–H groups in total. The predicted molar refractivity (Wildman–Crippen MR) is 87.5 cm³/mol. The predicted octanol–water partition coefficient (Wildman–Crippen LogP) is 1.64. The summed E-state index contributed by atoms with van der Waals surface area (Å²) in [6.45, 7) is 6.19. The number of rotatable bonds is 5. The zero-order chi connectivity index (χ0) is 17.0. The van der Waals surface area contributed by atoms with Crippen molar-refractivity contribution in [1.82, 2.24) is 14.5 Å². The Kier molecular flexibility index (Phi) is 10.6. The number of aromatic nitrogens is 3. The van der Waals surface area contributed by atoms with E-state index < -0.39 is 0 Å². The van der Waals surface area contributed by atoms with Crippen LogP contribution in [0, 0.1) is 0 Å². The third kappa shape index (κ3) is 5.79. The Balaban J connectivity index is 0.000000789. The number of methoxy groups -OCH3 is 1. The lowest BCUT2D eigenvalue weighted by Crippen LogP contribution is -2.18. The molecular weight excluding hydrogens is 284 g/mol. The van der Waals surface area contributed by atoms with Gasteiger partial charge in [0, 0.05) is 19.9 Å². The van der Waals surface area contributed by atoms with Gasteiger partial charge in [-0.05, 0) is 19.4 Å². The molecule has 0 aliphatic carbocycles. The van der Waals surface area contributed by atoms with Crippen LogP contribution in [0.25, 0.3) is 11.0 Å². The summed E-state index contributed by atoms with van der Waals surface area (Å²) in [5.41, 5.74) is 6.56. The maximum Gasteiger partial charge on any atom is 0.145 e. The molecule has 2 aromatic rings. The van der Waals surface area contributed by atoms with Crippen molar-refractivity contribution in [3.63, 3.8) is 0 Å². The van der Waals surface area contributed by atoms with Gasteiger partial charge in [-0.15, -0.1) is 0 Å². The summed E-state index contributed by atoms with van der Waals surface area (Å²) in [6, 6.07) is 1.89. The van der Waals surface area contributed by atoms with E-state index in [9.17, 15) is 0 Å². The number of carbonyl (C=O) groups is 1. The van der Waals surface area contributed by atoms with Gasteiger partial charge in [-0.2, -0.15) is 0 Å². The first-order valence-electron chi connectivity index (χ1n) is 7.26. The second-order valence-corrected chi connectivity index (χ2v) is 4.07. The number of nitrogen functional groups attached to an aromatic ring is 1. The van der Waals surface area contributed by atoms with Gasteiger partial charge < -0.3 is 24.9 Å². The van der Waals surface area contributed by atoms with E-state index in [4.69, 9.17) is 20.4 Å². The van der Waals surface area contributed by atoms with Crippen molar-refractivity contribution in [2.24, 2.45) is 0 Å². The lowest BCUT2D eigenvalue weighted by molar-refractivity contribution is -0.106. The van der Waals surface area contributed by atoms with Crippen LogP contribution in [0.3, 0.4) is 0 Å². The third-order valence-electron chi connectivity index (χ3n) is 2.82. The molecular formula is C15H26N4O3.